The Morgan fingerprint density at radius 3 is 2.57 bits per heavy atom. The van der Waals surface area contributed by atoms with Crippen LogP contribution in [0.1, 0.15) is 19.3 Å². The van der Waals surface area contributed by atoms with Crippen LogP contribution in [0, 0.1) is 5.92 Å². The third kappa shape index (κ3) is 6.82. The maximum Gasteiger partial charge on any atom is 0.306 e. The Morgan fingerprint density at radius 1 is 1.36 bits per heavy atom. The van der Waals surface area contributed by atoms with Crippen LogP contribution in [0.4, 0.5) is 0 Å². The number of rotatable bonds is 9. The Hall–Kier alpha value is -0.650. The molecule has 0 radical (unpaired) electrons. The van der Waals surface area contributed by atoms with E-state index in [0.717, 1.165) is 6.42 Å². The van der Waals surface area contributed by atoms with E-state index >= 15 is 0 Å². The smallest absolute Gasteiger partial charge is 0.306 e. The van der Waals surface area contributed by atoms with Crippen LogP contribution in [0.5, 0.6) is 0 Å². The summed E-state index contributed by atoms with van der Waals surface area (Å²) in [6, 6.07) is 0. The molecule has 14 heavy (non-hydrogen) atoms. The SMILES string of the molecule is NCCCC(CCOCCO)C(=O)O. The number of carboxylic acid groups (broad SMARTS) is 1. The van der Waals surface area contributed by atoms with E-state index in [1.807, 2.05) is 0 Å². The number of aliphatic hydroxyl groups excluding tert-OH is 1. The average Bonchev–Trinajstić information content (AvgIpc) is 2.16. The van der Waals surface area contributed by atoms with Crippen LogP contribution in [0.15, 0.2) is 0 Å². The van der Waals surface area contributed by atoms with Crippen LogP contribution in [0.25, 0.3) is 0 Å². The Kier molecular flexibility index (Phi) is 8.51. The van der Waals surface area contributed by atoms with Gasteiger partial charge in [-0.2, -0.15) is 0 Å². The van der Waals surface area contributed by atoms with Crippen molar-refractivity contribution < 1.29 is 19.7 Å². The standard InChI is InChI=1S/C9H19NO4/c10-4-1-2-8(9(12)13)3-6-14-7-5-11/h8,11H,1-7,10H2,(H,12,13). The zero-order valence-corrected chi connectivity index (χ0v) is 8.32. The van der Waals surface area contributed by atoms with E-state index in [1.165, 1.54) is 0 Å². The van der Waals surface area contributed by atoms with Gasteiger partial charge in [0.25, 0.3) is 0 Å². The fourth-order valence-corrected chi connectivity index (χ4v) is 1.15. The van der Waals surface area contributed by atoms with Gasteiger partial charge in [0.2, 0.25) is 0 Å². The molecule has 0 saturated carbocycles. The minimum absolute atomic E-state index is 0.0272. The molecular weight excluding hydrogens is 186 g/mol. The lowest BCUT2D eigenvalue weighted by atomic mass is 10.0. The molecule has 5 heteroatoms. The molecule has 0 heterocycles. The summed E-state index contributed by atoms with van der Waals surface area (Å²) >= 11 is 0. The van der Waals surface area contributed by atoms with E-state index in [-0.39, 0.29) is 19.1 Å². The van der Waals surface area contributed by atoms with Gasteiger partial charge in [0.1, 0.15) is 0 Å². The summed E-state index contributed by atoms with van der Waals surface area (Å²) in [7, 11) is 0. The molecule has 5 nitrogen and oxygen atoms in total. The van der Waals surface area contributed by atoms with Crippen molar-refractivity contribution in [2.75, 3.05) is 26.4 Å². The van der Waals surface area contributed by atoms with E-state index in [2.05, 4.69) is 0 Å². The van der Waals surface area contributed by atoms with Crippen LogP contribution in [-0.2, 0) is 9.53 Å². The third-order valence-electron chi connectivity index (χ3n) is 1.95. The summed E-state index contributed by atoms with van der Waals surface area (Å²) in [5.41, 5.74) is 5.30. The topological polar surface area (TPSA) is 92.8 Å². The molecule has 0 rings (SSSR count). The van der Waals surface area contributed by atoms with Gasteiger partial charge in [0.15, 0.2) is 0 Å². The molecular formula is C9H19NO4. The molecule has 0 spiro atoms. The second-order valence-electron chi connectivity index (χ2n) is 3.09. The van der Waals surface area contributed by atoms with Crippen LogP contribution < -0.4 is 5.73 Å². The molecule has 0 aliphatic rings. The molecule has 0 fully saturated rings. The third-order valence-corrected chi connectivity index (χ3v) is 1.95. The molecule has 4 N–H and O–H groups in total. The highest BCUT2D eigenvalue weighted by Gasteiger charge is 2.15. The van der Waals surface area contributed by atoms with Gasteiger partial charge in [-0.15, -0.1) is 0 Å². The van der Waals surface area contributed by atoms with E-state index in [9.17, 15) is 4.79 Å². The Bertz CT molecular complexity index is 152. The number of nitrogens with two attached hydrogens (primary N) is 1. The van der Waals surface area contributed by atoms with E-state index < -0.39 is 5.97 Å². The highest BCUT2D eigenvalue weighted by molar-refractivity contribution is 5.69. The maximum absolute atomic E-state index is 10.7. The van der Waals surface area contributed by atoms with E-state index in [0.29, 0.717) is 26.0 Å². The zero-order chi connectivity index (χ0) is 10.8. The molecule has 0 amide bonds. The molecule has 0 aromatic rings. The number of carboxylic acids is 1. The summed E-state index contributed by atoms with van der Waals surface area (Å²) in [5.74, 6) is -1.18. The number of aliphatic hydroxyl groups is 1. The Morgan fingerprint density at radius 2 is 2.07 bits per heavy atom. The largest absolute Gasteiger partial charge is 0.481 e. The van der Waals surface area contributed by atoms with Crippen molar-refractivity contribution in [2.24, 2.45) is 11.7 Å². The Labute approximate surface area is 83.9 Å². The first-order valence-electron chi connectivity index (χ1n) is 4.83. The van der Waals surface area contributed by atoms with Gasteiger partial charge in [0, 0.05) is 6.61 Å². The highest BCUT2D eigenvalue weighted by Crippen LogP contribution is 2.11. The lowest BCUT2D eigenvalue weighted by Crippen LogP contribution is -2.18. The number of hydrogen-bond acceptors (Lipinski definition) is 4. The van der Waals surface area contributed by atoms with Crippen LogP contribution in [-0.4, -0.2) is 42.5 Å². The second kappa shape index (κ2) is 8.93. The van der Waals surface area contributed by atoms with Gasteiger partial charge < -0.3 is 20.7 Å². The number of aliphatic carboxylic acids is 1. The number of hydrogen-bond donors (Lipinski definition) is 3. The van der Waals surface area contributed by atoms with Crippen molar-refractivity contribution in [1.29, 1.82) is 0 Å². The summed E-state index contributed by atoms with van der Waals surface area (Å²) in [5, 5.41) is 17.2. The van der Waals surface area contributed by atoms with Crippen LogP contribution in [0.3, 0.4) is 0 Å². The summed E-state index contributed by atoms with van der Waals surface area (Å²) in [6.07, 6.45) is 1.79. The van der Waals surface area contributed by atoms with Gasteiger partial charge in [-0.3, -0.25) is 4.79 Å². The first-order valence-corrected chi connectivity index (χ1v) is 4.83. The quantitative estimate of drug-likeness (QED) is 0.454. The summed E-state index contributed by atoms with van der Waals surface area (Å²) in [4.78, 5) is 10.7. The van der Waals surface area contributed by atoms with Crippen LogP contribution >= 0.6 is 0 Å². The Balaban J connectivity index is 3.57. The molecule has 0 bridgehead atoms. The molecule has 0 aromatic heterocycles. The normalized spacial score (nSPS) is 12.7. The minimum Gasteiger partial charge on any atom is -0.481 e. The first kappa shape index (κ1) is 13.4. The molecule has 0 aliphatic carbocycles. The van der Waals surface area contributed by atoms with Crippen molar-refractivity contribution in [2.45, 2.75) is 19.3 Å². The van der Waals surface area contributed by atoms with Gasteiger partial charge in [-0.25, -0.2) is 0 Å². The number of carbonyl (C=O) groups is 1. The highest BCUT2D eigenvalue weighted by atomic mass is 16.5. The molecule has 0 aliphatic heterocycles. The van der Waals surface area contributed by atoms with Gasteiger partial charge in [-0.05, 0) is 25.8 Å². The first-order chi connectivity index (χ1) is 6.72. The fraction of sp³-hybridized carbons (Fsp3) is 0.889. The zero-order valence-electron chi connectivity index (χ0n) is 8.32. The van der Waals surface area contributed by atoms with Gasteiger partial charge >= 0.3 is 5.97 Å². The minimum atomic E-state index is -0.800. The van der Waals surface area contributed by atoms with Crippen molar-refractivity contribution in [3.8, 4) is 0 Å². The maximum atomic E-state index is 10.7. The van der Waals surface area contributed by atoms with Gasteiger partial charge in [0.05, 0.1) is 19.1 Å². The molecule has 1 unspecified atom stereocenters. The van der Waals surface area contributed by atoms with Crippen molar-refractivity contribution >= 4 is 5.97 Å². The lowest BCUT2D eigenvalue weighted by Gasteiger charge is -2.11. The average molecular weight is 205 g/mol. The van der Waals surface area contributed by atoms with E-state index in [4.69, 9.17) is 20.7 Å². The van der Waals surface area contributed by atoms with Crippen molar-refractivity contribution in [3.63, 3.8) is 0 Å². The molecule has 0 aromatic carbocycles. The van der Waals surface area contributed by atoms with Gasteiger partial charge in [-0.1, -0.05) is 0 Å². The summed E-state index contributed by atoms with van der Waals surface area (Å²) < 4.78 is 5.00. The van der Waals surface area contributed by atoms with Crippen molar-refractivity contribution in [1.82, 2.24) is 0 Å². The lowest BCUT2D eigenvalue weighted by molar-refractivity contribution is -0.142. The molecule has 1 atom stereocenters. The second-order valence-corrected chi connectivity index (χ2v) is 3.09. The fourth-order valence-electron chi connectivity index (χ4n) is 1.15. The predicted molar refractivity (Wildman–Crippen MR) is 51.9 cm³/mol. The van der Waals surface area contributed by atoms with Crippen LogP contribution in [0.2, 0.25) is 0 Å². The van der Waals surface area contributed by atoms with E-state index in [1.54, 1.807) is 0 Å². The number of ether oxygens (including phenoxy) is 1. The summed E-state index contributed by atoms with van der Waals surface area (Å²) in [6.45, 7) is 1.13. The predicted octanol–water partition coefficient (Wildman–Crippen LogP) is -0.175. The molecule has 0 saturated heterocycles. The monoisotopic (exact) mass is 205 g/mol. The molecule has 84 valence electrons. The van der Waals surface area contributed by atoms with Crippen molar-refractivity contribution in [3.05, 3.63) is 0 Å².